The second kappa shape index (κ2) is 3.58. The van der Waals surface area contributed by atoms with E-state index >= 15 is 0 Å². The van der Waals surface area contributed by atoms with Crippen LogP contribution in [0.15, 0.2) is 26.1 Å². The fraction of sp³-hybridized carbons (Fsp3) is 0.333. The van der Waals surface area contributed by atoms with Gasteiger partial charge in [-0.15, -0.1) is 10.2 Å². The lowest BCUT2D eigenvalue weighted by atomic mass is 10.4. The smallest absolute Gasteiger partial charge is 0.294 e. The van der Waals surface area contributed by atoms with E-state index in [2.05, 4.69) is 10.2 Å². The van der Waals surface area contributed by atoms with E-state index in [1.165, 1.54) is 12.1 Å². The molecule has 17 heavy (non-hydrogen) atoms. The molecule has 2 aromatic rings. The predicted molar refractivity (Wildman–Crippen MR) is 57.0 cm³/mol. The van der Waals surface area contributed by atoms with Gasteiger partial charge in [-0.2, -0.15) is 0 Å². The third kappa shape index (κ3) is 2.07. The Kier molecular flexibility index (Phi) is 2.27. The van der Waals surface area contributed by atoms with Crippen molar-refractivity contribution in [2.45, 2.75) is 23.9 Å². The van der Waals surface area contributed by atoms with Gasteiger partial charge in [0, 0.05) is 16.6 Å². The Morgan fingerprint density at radius 3 is 2.59 bits per heavy atom. The molecule has 2 heterocycles. The summed E-state index contributed by atoms with van der Waals surface area (Å²) in [6.07, 6.45) is 2.09. The van der Waals surface area contributed by atoms with Gasteiger partial charge in [0.15, 0.2) is 5.76 Å². The third-order valence-corrected chi connectivity index (χ3v) is 3.56. The molecule has 1 saturated carbocycles. The van der Waals surface area contributed by atoms with E-state index in [0.717, 1.165) is 12.8 Å². The first-order valence-electron chi connectivity index (χ1n) is 4.92. The van der Waals surface area contributed by atoms with Crippen LogP contribution >= 0.6 is 10.7 Å². The van der Waals surface area contributed by atoms with Crippen molar-refractivity contribution in [3.63, 3.8) is 0 Å². The lowest BCUT2D eigenvalue weighted by Gasteiger charge is -1.88. The van der Waals surface area contributed by atoms with Crippen LogP contribution in [0, 0.1) is 0 Å². The highest BCUT2D eigenvalue weighted by Gasteiger charge is 2.30. The zero-order valence-electron chi connectivity index (χ0n) is 8.46. The highest BCUT2D eigenvalue weighted by atomic mass is 35.7. The molecule has 0 atom stereocenters. The average Bonchev–Trinajstić information content (AvgIpc) is 2.82. The third-order valence-electron chi connectivity index (χ3n) is 2.40. The molecule has 0 spiro atoms. The first-order chi connectivity index (χ1) is 8.04. The maximum Gasteiger partial charge on any atom is 0.294 e. The van der Waals surface area contributed by atoms with Crippen LogP contribution in [0.4, 0.5) is 0 Å². The van der Waals surface area contributed by atoms with Crippen LogP contribution in [0.1, 0.15) is 24.7 Å². The minimum atomic E-state index is -3.87. The summed E-state index contributed by atoms with van der Waals surface area (Å²) in [6, 6.07) is 2.68. The van der Waals surface area contributed by atoms with Crippen molar-refractivity contribution >= 4 is 19.7 Å². The Balaban J connectivity index is 1.95. The molecule has 0 radical (unpaired) electrons. The molecular formula is C9H7ClN2O4S. The quantitative estimate of drug-likeness (QED) is 0.797. The summed E-state index contributed by atoms with van der Waals surface area (Å²) in [5, 5.41) is 7.33. The number of hydrogen-bond acceptors (Lipinski definition) is 6. The van der Waals surface area contributed by atoms with E-state index in [-0.39, 0.29) is 16.7 Å². The maximum atomic E-state index is 11.0. The molecule has 0 saturated heterocycles. The SMILES string of the molecule is O=S(=O)(Cl)c1ccc(-c2nnc(C3CC3)o2)o1. The number of halogens is 1. The molecule has 3 rings (SSSR count). The summed E-state index contributed by atoms with van der Waals surface area (Å²) in [5.74, 6) is 1.26. The Labute approximate surface area is 101 Å². The number of furan rings is 1. The molecule has 0 aliphatic heterocycles. The Morgan fingerprint density at radius 2 is 2.00 bits per heavy atom. The second-order valence-corrected chi connectivity index (χ2v) is 6.27. The Bertz CT molecular complexity index is 656. The van der Waals surface area contributed by atoms with Gasteiger partial charge in [0.05, 0.1) is 0 Å². The molecule has 0 unspecified atom stereocenters. The number of aromatic nitrogens is 2. The van der Waals surface area contributed by atoms with Crippen LogP contribution in [0.25, 0.3) is 11.7 Å². The summed E-state index contributed by atoms with van der Waals surface area (Å²) in [5.41, 5.74) is 0. The predicted octanol–water partition coefficient (Wildman–Crippen LogP) is 2.13. The van der Waals surface area contributed by atoms with Crippen LogP contribution < -0.4 is 0 Å². The molecule has 1 fully saturated rings. The van der Waals surface area contributed by atoms with E-state index in [9.17, 15) is 8.42 Å². The number of nitrogens with zero attached hydrogens (tertiary/aromatic N) is 2. The molecule has 6 nitrogen and oxygen atoms in total. The fourth-order valence-electron chi connectivity index (χ4n) is 1.40. The van der Waals surface area contributed by atoms with Crippen molar-refractivity contribution in [2.75, 3.05) is 0 Å². The molecule has 90 valence electrons. The van der Waals surface area contributed by atoms with E-state index in [4.69, 9.17) is 19.5 Å². The van der Waals surface area contributed by atoms with Crippen molar-refractivity contribution in [1.29, 1.82) is 0 Å². The molecule has 8 heteroatoms. The normalized spacial score (nSPS) is 16.3. The van der Waals surface area contributed by atoms with Crippen LogP contribution in [-0.2, 0) is 9.05 Å². The molecule has 0 aromatic carbocycles. The first kappa shape index (κ1) is 10.8. The van der Waals surface area contributed by atoms with Crippen LogP contribution in [0.2, 0.25) is 0 Å². The summed E-state index contributed by atoms with van der Waals surface area (Å²) in [4.78, 5) is 0. The summed E-state index contributed by atoms with van der Waals surface area (Å²) >= 11 is 0. The van der Waals surface area contributed by atoms with Crippen molar-refractivity contribution in [3.8, 4) is 11.7 Å². The maximum absolute atomic E-state index is 11.0. The van der Waals surface area contributed by atoms with E-state index in [0.29, 0.717) is 11.8 Å². The first-order valence-corrected chi connectivity index (χ1v) is 7.23. The van der Waals surface area contributed by atoms with Gasteiger partial charge in [0.25, 0.3) is 14.9 Å². The Hall–Kier alpha value is -1.34. The minimum Gasteiger partial charge on any atom is -0.438 e. The molecule has 0 amide bonds. The zero-order chi connectivity index (χ0) is 12.0. The zero-order valence-corrected chi connectivity index (χ0v) is 10.0. The van der Waals surface area contributed by atoms with E-state index in [1.807, 2.05) is 0 Å². The van der Waals surface area contributed by atoms with Gasteiger partial charge in [-0.05, 0) is 25.0 Å². The van der Waals surface area contributed by atoms with Gasteiger partial charge in [-0.1, -0.05) is 0 Å². The van der Waals surface area contributed by atoms with Gasteiger partial charge in [0.1, 0.15) is 0 Å². The lowest BCUT2D eigenvalue weighted by Crippen LogP contribution is -1.85. The molecule has 2 aromatic heterocycles. The van der Waals surface area contributed by atoms with E-state index < -0.39 is 9.05 Å². The fourth-order valence-corrected chi connectivity index (χ4v) is 2.06. The second-order valence-electron chi connectivity index (χ2n) is 3.78. The molecule has 1 aliphatic rings. The molecule has 0 N–H and O–H groups in total. The summed E-state index contributed by atoms with van der Waals surface area (Å²) < 4.78 is 32.4. The molecule has 0 bridgehead atoms. The average molecular weight is 275 g/mol. The highest BCUT2D eigenvalue weighted by molar-refractivity contribution is 8.13. The standard InChI is InChI=1S/C9H7ClN2O4S/c10-17(13,14)7-4-3-6(15-7)9-12-11-8(16-9)5-1-2-5/h3-5H,1-2H2. The van der Waals surface area contributed by atoms with Crippen molar-refractivity contribution < 1.29 is 17.3 Å². The summed E-state index contributed by atoms with van der Waals surface area (Å²) in [6.45, 7) is 0. The van der Waals surface area contributed by atoms with Crippen LogP contribution in [0.5, 0.6) is 0 Å². The van der Waals surface area contributed by atoms with Crippen LogP contribution in [-0.4, -0.2) is 18.6 Å². The Morgan fingerprint density at radius 1 is 1.24 bits per heavy atom. The highest BCUT2D eigenvalue weighted by Crippen LogP contribution is 2.40. The van der Waals surface area contributed by atoms with Crippen molar-refractivity contribution in [2.24, 2.45) is 0 Å². The van der Waals surface area contributed by atoms with Gasteiger partial charge in [-0.3, -0.25) is 0 Å². The van der Waals surface area contributed by atoms with Gasteiger partial charge in [0.2, 0.25) is 11.0 Å². The topological polar surface area (TPSA) is 86.2 Å². The van der Waals surface area contributed by atoms with Crippen molar-refractivity contribution in [3.05, 3.63) is 18.0 Å². The van der Waals surface area contributed by atoms with Gasteiger partial charge < -0.3 is 8.83 Å². The minimum absolute atomic E-state index is 0.165. The molecule has 1 aliphatic carbocycles. The van der Waals surface area contributed by atoms with Gasteiger partial charge in [-0.25, -0.2) is 8.42 Å². The number of hydrogen-bond donors (Lipinski definition) is 0. The summed E-state index contributed by atoms with van der Waals surface area (Å²) in [7, 11) is 1.27. The lowest BCUT2D eigenvalue weighted by molar-refractivity contribution is 0.437. The van der Waals surface area contributed by atoms with Gasteiger partial charge >= 0.3 is 0 Å². The monoisotopic (exact) mass is 274 g/mol. The largest absolute Gasteiger partial charge is 0.438 e. The van der Waals surface area contributed by atoms with E-state index in [1.54, 1.807) is 0 Å². The van der Waals surface area contributed by atoms with Crippen molar-refractivity contribution in [1.82, 2.24) is 10.2 Å². The molecular weight excluding hydrogens is 268 g/mol. The van der Waals surface area contributed by atoms with Crippen LogP contribution in [0.3, 0.4) is 0 Å². The number of rotatable bonds is 3.